The molecule has 12 nitrogen and oxygen atoms in total. The third-order valence-electron chi connectivity index (χ3n) is 8.93. The van der Waals surface area contributed by atoms with E-state index >= 15 is 8.78 Å². The average molecular weight is 806 g/mol. The quantitative estimate of drug-likeness (QED) is 0.121. The highest BCUT2D eigenvalue weighted by atomic mass is 35.5. The Labute approximate surface area is 310 Å². The van der Waals surface area contributed by atoms with E-state index in [-0.39, 0.29) is 60.2 Å². The molecule has 3 heterocycles. The maximum atomic E-state index is 15.4. The fourth-order valence-electron chi connectivity index (χ4n) is 6.79. The Kier molecular flexibility index (Phi) is 8.75. The number of fused-ring (bicyclic) bond motifs is 4. The number of nitrogens with one attached hydrogen (secondary N) is 2. The zero-order valence-electron chi connectivity index (χ0n) is 28.0. The van der Waals surface area contributed by atoms with Crippen molar-refractivity contribution < 1.29 is 43.9 Å². The van der Waals surface area contributed by atoms with Crippen LogP contribution in [0.3, 0.4) is 0 Å². The van der Waals surface area contributed by atoms with Crippen LogP contribution in [-0.2, 0) is 46.9 Å². The number of nitrogens with zero attached hydrogens (tertiary/aromatic N) is 6. The van der Waals surface area contributed by atoms with Crippen molar-refractivity contribution >= 4 is 55.5 Å². The molecular weight excluding hydrogens is 783 g/mol. The van der Waals surface area contributed by atoms with Crippen molar-refractivity contribution in [1.29, 1.82) is 5.26 Å². The summed E-state index contributed by atoms with van der Waals surface area (Å²) in [5, 5.41) is 20.2. The van der Waals surface area contributed by atoms with Crippen molar-refractivity contribution in [2.45, 2.75) is 31.1 Å². The summed E-state index contributed by atoms with van der Waals surface area (Å²) in [4.78, 5) is 18.2. The van der Waals surface area contributed by atoms with E-state index in [0.717, 1.165) is 24.5 Å². The summed E-state index contributed by atoms with van der Waals surface area (Å²) in [5.74, 6) is -8.92. The van der Waals surface area contributed by atoms with Gasteiger partial charge in [-0.15, -0.1) is 5.73 Å². The highest BCUT2D eigenvalue weighted by Crippen LogP contribution is 2.58. The van der Waals surface area contributed by atoms with Crippen LogP contribution in [-0.4, -0.2) is 45.1 Å². The number of allylic oxidation sites excluding steroid dienone is 1. The van der Waals surface area contributed by atoms with Crippen LogP contribution < -0.4 is 15.8 Å². The molecule has 1 amide bonds. The number of halogens is 8. The number of rotatable bonds is 9. The summed E-state index contributed by atoms with van der Waals surface area (Å²) in [6.45, 7) is -1.18. The number of benzene rings is 2. The lowest BCUT2D eigenvalue weighted by molar-refractivity contribution is -0.142. The molecular formula is C34H23ClF7N9O3S. The van der Waals surface area contributed by atoms with Gasteiger partial charge < -0.3 is 11.1 Å². The Morgan fingerprint density at radius 1 is 1.15 bits per heavy atom. The molecule has 2 aliphatic rings. The second-order valence-corrected chi connectivity index (χ2v) is 14.9. The largest absolute Gasteiger partial charge is 0.435 e. The summed E-state index contributed by atoms with van der Waals surface area (Å²) in [6.07, 6.45) is -3.84. The van der Waals surface area contributed by atoms with Crippen LogP contribution in [0.1, 0.15) is 39.9 Å². The van der Waals surface area contributed by atoms with Crippen LogP contribution in [0.25, 0.3) is 27.6 Å². The van der Waals surface area contributed by atoms with Crippen LogP contribution in [0.5, 0.6) is 0 Å². The number of carbonyl (C=O) groups is 1. The first kappa shape index (κ1) is 37.4. The van der Waals surface area contributed by atoms with E-state index in [2.05, 4.69) is 31.0 Å². The lowest BCUT2D eigenvalue weighted by Gasteiger charge is -2.24. The lowest BCUT2D eigenvalue weighted by atomic mass is 9.90. The highest BCUT2D eigenvalue weighted by molar-refractivity contribution is 7.92. The van der Waals surface area contributed by atoms with Crippen molar-refractivity contribution in [2.75, 3.05) is 16.7 Å². The molecule has 0 saturated heterocycles. The Morgan fingerprint density at radius 2 is 1.84 bits per heavy atom. The predicted molar refractivity (Wildman–Crippen MR) is 184 cm³/mol. The highest BCUT2D eigenvalue weighted by Gasteiger charge is 2.59. The number of pyridine rings is 1. The van der Waals surface area contributed by atoms with E-state index in [1.165, 1.54) is 29.9 Å². The first-order valence-corrected chi connectivity index (χ1v) is 18.1. The Morgan fingerprint density at radius 3 is 2.44 bits per heavy atom. The number of aryl methyl sites for hydroxylation is 1. The normalized spacial score (nSPS) is 16.2. The van der Waals surface area contributed by atoms with Crippen LogP contribution in [0.4, 0.5) is 42.2 Å². The van der Waals surface area contributed by atoms with Crippen LogP contribution in [0, 0.1) is 28.9 Å². The van der Waals surface area contributed by atoms with Gasteiger partial charge in [0.05, 0.1) is 45.5 Å². The summed E-state index contributed by atoms with van der Waals surface area (Å²) in [7, 11) is -2.42. The Balaban J connectivity index is 1.38. The molecule has 0 saturated carbocycles. The number of nitrogens with two attached hydrogens (primary N) is 1. The van der Waals surface area contributed by atoms with Gasteiger partial charge in [0.15, 0.2) is 17.2 Å². The second kappa shape index (κ2) is 12.9. The molecule has 5 aromatic rings. The van der Waals surface area contributed by atoms with Crippen molar-refractivity contribution in [2.24, 2.45) is 13.0 Å². The topological polar surface area (TPSA) is 174 Å². The predicted octanol–water partition coefficient (Wildman–Crippen LogP) is 5.98. The fourth-order valence-corrected chi connectivity index (χ4v) is 7.53. The molecule has 0 fully saturated rings. The average Bonchev–Trinajstić information content (AvgIpc) is 3.61. The van der Waals surface area contributed by atoms with Gasteiger partial charge in [-0.3, -0.25) is 18.9 Å². The molecule has 284 valence electrons. The number of hydrogen-bond acceptors (Lipinski definition) is 8. The van der Waals surface area contributed by atoms with E-state index in [4.69, 9.17) is 17.3 Å². The summed E-state index contributed by atoms with van der Waals surface area (Å²) in [5.41, 5.74) is 4.18. The van der Waals surface area contributed by atoms with Crippen LogP contribution >= 0.6 is 11.6 Å². The number of carbonyl (C=O) groups excluding carboxylic acids is 1. The zero-order chi connectivity index (χ0) is 39.9. The second-order valence-electron chi connectivity index (χ2n) is 12.8. The smallest absolute Gasteiger partial charge is 0.396 e. The lowest BCUT2D eigenvalue weighted by Crippen LogP contribution is -2.35. The van der Waals surface area contributed by atoms with Gasteiger partial charge in [-0.05, 0) is 42.3 Å². The standard InChI is InChI=1S/C34H23ClF7N9O3S/c1-50-29-17(4-6-21(35)27(29)32(48-50)49-55(2,53)54)19-11-22(44)24(12-43)46-28(19)23(9-14-7-15(36)10-16(37)8-14)45-25(52)13-51-31-26(30(47-51)34(40,41)42)18-3-5-20(18)33(31,38)39/h4-8,10-11,20,23H,9,13,44H2,1-2H3,(H,45,52)(H,48,49). The Bertz CT molecular complexity index is 2690. The van der Waals surface area contributed by atoms with Crippen molar-refractivity contribution in [1.82, 2.24) is 29.9 Å². The van der Waals surface area contributed by atoms with Gasteiger partial charge in [0.25, 0.3) is 0 Å². The monoisotopic (exact) mass is 805 g/mol. The maximum Gasteiger partial charge on any atom is 0.435 e. The molecule has 2 aromatic carbocycles. The third-order valence-corrected chi connectivity index (χ3v) is 9.81. The van der Waals surface area contributed by atoms with Crippen LogP contribution in [0.15, 0.2) is 48.2 Å². The van der Waals surface area contributed by atoms with Gasteiger partial charge in [-0.2, -0.15) is 37.4 Å². The first-order valence-electron chi connectivity index (χ1n) is 15.8. The summed E-state index contributed by atoms with van der Waals surface area (Å²) < 4.78 is 130. The van der Waals surface area contributed by atoms with Crippen molar-refractivity contribution in [3.63, 3.8) is 0 Å². The number of nitrogen functional groups attached to an aromatic ring is 1. The molecule has 7 rings (SSSR count). The maximum absolute atomic E-state index is 15.4. The van der Waals surface area contributed by atoms with E-state index in [1.807, 2.05) is 0 Å². The van der Waals surface area contributed by atoms with E-state index in [1.54, 1.807) is 6.07 Å². The molecule has 0 spiro atoms. The molecule has 0 aliphatic heterocycles. The number of hydrogen-bond donors (Lipinski definition) is 3. The third kappa shape index (κ3) is 6.53. The van der Waals surface area contributed by atoms with Crippen molar-refractivity contribution in [3.05, 3.63) is 98.8 Å². The van der Waals surface area contributed by atoms with Gasteiger partial charge in [-0.1, -0.05) is 17.7 Å². The number of anilines is 2. The van der Waals surface area contributed by atoms with Gasteiger partial charge in [0.1, 0.15) is 29.9 Å². The minimum Gasteiger partial charge on any atom is -0.396 e. The van der Waals surface area contributed by atoms with Gasteiger partial charge >= 0.3 is 12.1 Å². The molecule has 2 unspecified atom stereocenters. The van der Waals surface area contributed by atoms with Crippen molar-refractivity contribution in [3.8, 4) is 17.2 Å². The zero-order valence-corrected chi connectivity index (χ0v) is 29.6. The molecule has 55 heavy (non-hydrogen) atoms. The molecule has 0 radical (unpaired) electrons. The molecule has 4 N–H and O–H groups in total. The summed E-state index contributed by atoms with van der Waals surface area (Å²) in [6, 6.07) is 6.90. The first-order chi connectivity index (χ1) is 25.7. The van der Waals surface area contributed by atoms with E-state index in [9.17, 15) is 40.4 Å². The number of nitriles is 1. The van der Waals surface area contributed by atoms with E-state index in [0.29, 0.717) is 6.07 Å². The minimum atomic E-state index is -5.17. The summed E-state index contributed by atoms with van der Waals surface area (Å²) >= 11 is 6.50. The molecule has 0 bridgehead atoms. The van der Waals surface area contributed by atoms with Gasteiger partial charge in [0, 0.05) is 35.4 Å². The molecule has 2 aliphatic carbocycles. The van der Waals surface area contributed by atoms with Gasteiger partial charge in [-0.25, -0.2) is 22.2 Å². The minimum absolute atomic E-state index is 0.0513. The van der Waals surface area contributed by atoms with Gasteiger partial charge in [0.2, 0.25) is 15.9 Å². The number of aromatic nitrogens is 5. The Hall–Kier alpha value is -5.90. The SMILES string of the molecule is Cn1nc(NS(C)(=O)=O)c2c(Cl)ccc(-c3cc(N)c(C#N)nc3C(Cc3cc(F)cc(F)c3)NC(=O)Cn3nc(C(F)(F)F)c4c3C(F)(F)C3C=C=C43)c21. The molecule has 3 aromatic heterocycles. The van der Waals surface area contributed by atoms with E-state index < -0.39 is 87.1 Å². The molecule has 21 heteroatoms. The number of alkyl halides is 5. The number of amides is 1. The van der Waals surface area contributed by atoms with Crippen LogP contribution in [0.2, 0.25) is 5.02 Å². The molecule has 2 atom stereocenters. The fraction of sp³-hybridized carbons (Fsp3) is 0.235. The number of sulfonamides is 1.